The molecule has 0 radical (unpaired) electrons. The molecule has 2 heterocycles. The maximum absolute atomic E-state index is 12.0. The van der Waals surface area contributed by atoms with Gasteiger partial charge < -0.3 is 19.7 Å². The number of nitrogens with zero attached hydrogens (tertiary/aromatic N) is 2. The van der Waals surface area contributed by atoms with Crippen molar-refractivity contribution in [1.29, 1.82) is 0 Å². The zero-order valence-electron chi connectivity index (χ0n) is 10.00. The van der Waals surface area contributed by atoms with Crippen LogP contribution in [-0.2, 0) is 20.9 Å². The van der Waals surface area contributed by atoms with Gasteiger partial charge in [0, 0.05) is 19.4 Å². The number of carbonyl (C=O) groups excluding carboxylic acids is 1. The van der Waals surface area contributed by atoms with Crippen molar-refractivity contribution < 1.29 is 19.4 Å². The molecule has 1 aromatic heterocycles. The number of aromatic nitrogens is 2. The van der Waals surface area contributed by atoms with Crippen LogP contribution in [0.5, 0.6) is 0 Å². The Morgan fingerprint density at radius 2 is 2.28 bits per heavy atom. The summed E-state index contributed by atoms with van der Waals surface area (Å²) in [6, 6.07) is 0. The Morgan fingerprint density at radius 1 is 1.56 bits per heavy atom. The first-order valence-corrected chi connectivity index (χ1v) is 5.69. The third kappa shape index (κ3) is 2.67. The minimum Gasteiger partial charge on any atom is -0.479 e. The Balaban J connectivity index is 1.90. The molecule has 1 fully saturated rings. The monoisotopic (exact) mass is 253 g/mol. The van der Waals surface area contributed by atoms with Crippen LogP contribution in [0.2, 0.25) is 0 Å². The number of carboxylic acid groups (broad SMARTS) is 1. The van der Waals surface area contributed by atoms with Crippen LogP contribution in [0.3, 0.4) is 0 Å². The fraction of sp³-hybridized carbons (Fsp3) is 0.545. The van der Waals surface area contributed by atoms with Crippen LogP contribution < -0.4 is 0 Å². The van der Waals surface area contributed by atoms with Crippen molar-refractivity contribution in [2.75, 3.05) is 7.05 Å². The van der Waals surface area contributed by atoms with E-state index in [-0.39, 0.29) is 5.91 Å². The first-order chi connectivity index (χ1) is 8.58. The van der Waals surface area contributed by atoms with Crippen molar-refractivity contribution in [1.82, 2.24) is 14.9 Å². The van der Waals surface area contributed by atoms with Gasteiger partial charge in [-0.3, -0.25) is 4.79 Å². The molecule has 1 amide bonds. The molecule has 0 saturated carbocycles. The highest BCUT2D eigenvalue weighted by molar-refractivity contribution is 5.82. The summed E-state index contributed by atoms with van der Waals surface area (Å²) in [7, 11) is 1.64. The standard InChI is InChI=1S/C11H15N3O4/c1-14(6-9-12-4-5-13-9)10(15)7-2-3-8(18-7)11(16)17/h4-5,7-8H,2-3,6H2,1H3,(H,12,13)(H,16,17)/t7-,8+/m0/s1. The van der Waals surface area contributed by atoms with Crippen LogP contribution in [0.4, 0.5) is 0 Å². The number of carboxylic acids is 1. The molecule has 98 valence electrons. The minimum absolute atomic E-state index is 0.213. The number of imidazole rings is 1. The van der Waals surface area contributed by atoms with E-state index in [2.05, 4.69) is 9.97 Å². The topological polar surface area (TPSA) is 95.5 Å². The summed E-state index contributed by atoms with van der Waals surface area (Å²) in [5.41, 5.74) is 0. The first kappa shape index (κ1) is 12.6. The number of aromatic amines is 1. The number of nitrogens with one attached hydrogen (secondary N) is 1. The second kappa shape index (κ2) is 5.18. The number of carbonyl (C=O) groups is 2. The molecule has 0 bridgehead atoms. The van der Waals surface area contributed by atoms with Gasteiger partial charge in [0.05, 0.1) is 6.54 Å². The van der Waals surface area contributed by atoms with Crippen molar-refractivity contribution in [3.63, 3.8) is 0 Å². The molecule has 0 aromatic carbocycles. The summed E-state index contributed by atoms with van der Waals surface area (Å²) in [5.74, 6) is -0.548. The van der Waals surface area contributed by atoms with E-state index in [4.69, 9.17) is 9.84 Å². The minimum atomic E-state index is -1.01. The summed E-state index contributed by atoms with van der Waals surface area (Å²) in [6.07, 6.45) is 2.58. The Bertz CT molecular complexity index is 432. The van der Waals surface area contributed by atoms with Gasteiger partial charge in [-0.15, -0.1) is 0 Å². The molecule has 0 aliphatic carbocycles. The van der Waals surface area contributed by atoms with Crippen molar-refractivity contribution >= 4 is 11.9 Å². The van der Waals surface area contributed by atoms with Crippen molar-refractivity contribution in [3.05, 3.63) is 18.2 Å². The SMILES string of the molecule is CN(Cc1ncc[nH]1)C(=O)[C@@H]1CC[C@H](C(=O)O)O1. The van der Waals surface area contributed by atoms with Crippen LogP contribution in [0, 0.1) is 0 Å². The van der Waals surface area contributed by atoms with E-state index in [1.54, 1.807) is 19.4 Å². The molecule has 0 spiro atoms. The van der Waals surface area contributed by atoms with Gasteiger partial charge in [0.2, 0.25) is 0 Å². The molecule has 7 nitrogen and oxygen atoms in total. The van der Waals surface area contributed by atoms with Gasteiger partial charge in [-0.05, 0) is 12.8 Å². The van der Waals surface area contributed by atoms with E-state index < -0.39 is 18.2 Å². The molecule has 1 saturated heterocycles. The average Bonchev–Trinajstić information content (AvgIpc) is 2.98. The molecule has 2 atom stereocenters. The van der Waals surface area contributed by atoms with E-state index >= 15 is 0 Å². The number of amides is 1. The summed E-state index contributed by atoms with van der Waals surface area (Å²) in [5, 5.41) is 8.79. The predicted molar refractivity (Wildman–Crippen MR) is 60.6 cm³/mol. The molecule has 2 rings (SSSR count). The molecule has 7 heteroatoms. The summed E-state index contributed by atoms with van der Waals surface area (Å²) < 4.78 is 5.20. The quantitative estimate of drug-likeness (QED) is 0.787. The second-order valence-corrected chi connectivity index (χ2v) is 4.26. The van der Waals surface area contributed by atoms with Crippen molar-refractivity contribution in [3.8, 4) is 0 Å². The largest absolute Gasteiger partial charge is 0.479 e. The summed E-state index contributed by atoms with van der Waals surface area (Å²) >= 11 is 0. The van der Waals surface area contributed by atoms with Crippen LogP contribution in [0.15, 0.2) is 12.4 Å². The lowest BCUT2D eigenvalue weighted by atomic mass is 10.2. The van der Waals surface area contributed by atoms with E-state index in [0.29, 0.717) is 25.2 Å². The van der Waals surface area contributed by atoms with Gasteiger partial charge in [-0.2, -0.15) is 0 Å². The molecule has 2 N–H and O–H groups in total. The molecule has 1 aromatic rings. The lowest BCUT2D eigenvalue weighted by Gasteiger charge is -2.19. The highest BCUT2D eigenvalue weighted by Gasteiger charge is 2.36. The predicted octanol–water partition coefficient (Wildman–Crippen LogP) is 0.000300. The van der Waals surface area contributed by atoms with Crippen LogP contribution in [0.25, 0.3) is 0 Å². The number of ether oxygens (including phenoxy) is 1. The van der Waals surface area contributed by atoms with Gasteiger partial charge in [-0.1, -0.05) is 0 Å². The number of hydrogen-bond donors (Lipinski definition) is 2. The van der Waals surface area contributed by atoms with Gasteiger partial charge in [0.1, 0.15) is 11.9 Å². The number of H-pyrrole nitrogens is 1. The Kier molecular flexibility index (Phi) is 3.61. The Hall–Kier alpha value is -1.89. The lowest BCUT2D eigenvalue weighted by molar-refractivity contribution is -0.154. The Labute approximate surface area is 104 Å². The molecule has 1 aliphatic rings. The summed E-state index contributed by atoms with van der Waals surface area (Å²) in [4.78, 5) is 31.1. The average molecular weight is 253 g/mol. The highest BCUT2D eigenvalue weighted by atomic mass is 16.5. The number of rotatable bonds is 4. The zero-order valence-corrected chi connectivity index (χ0v) is 10.00. The third-order valence-electron chi connectivity index (χ3n) is 2.89. The Morgan fingerprint density at radius 3 is 2.83 bits per heavy atom. The van der Waals surface area contributed by atoms with Gasteiger partial charge in [0.25, 0.3) is 5.91 Å². The number of aliphatic carboxylic acids is 1. The van der Waals surface area contributed by atoms with Crippen LogP contribution in [0.1, 0.15) is 18.7 Å². The summed E-state index contributed by atoms with van der Waals surface area (Å²) in [6.45, 7) is 0.351. The fourth-order valence-corrected chi connectivity index (χ4v) is 1.93. The molecule has 18 heavy (non-hydrogen) atoms. The molecule has 1 aliphatic heterocycles. The molecular weight excluding hydrogens is 238 g/mol. The second-order valence-electron chi connectivity index (χ2n) is 4.26. The number of likely N-dealkylation sites (N-methyl/N-ethyl adjacent to an activating group) is 1. The maximum Gasteiger partial charge on any atom is 0.332 e. The highest BCUT2D eigenvalue weighted by Crippen LogP contribution is 2.21. The number of hydrogen-bond acceptors (Lipinski definition) is 4. The first-order valence-electron chi connectivity index (χ1n) is 5.69. The van der Waals surface area contributed by atoms with Gasteiger partial charge in [0.15, 0.2) is 6.10 Å². The van der Waals surface area contributed by atoms with Crippen LogP contribution in [-0.4, -0.2) is 51.1 Å². The van der Waals surface area contributed by atoms with E-state index in [1.807, 2.05) is 0 Å². The van der Waals surface area contributed by atoms with Crippen LogP contribution >= 0.6 is 0 Å². The van der Waals surface area contributed by atoms with Crippen molar-refractivity contribution in [2.45, 2.75) is 31.6 Å². The molecular formula is C11H15N3O4. The smallest absolute Gasteiger partial charge is 0.332 e. The normalized spacial score (nSPS) is 22.9. The van der Waals surface area contributed by atoms with E-state index in [0.717, 1.165) is 0 Å². The fourth-order valence-electron chi connectivity index (χ4n) is 1.93. The van der Waals surface area contributed by atoms with E-state index in [1.165, 1.54) is 4.90 Å². The lowest BCUT2D eigenvalue weighted by Crippen LogP contribution is -2.37. The molecule has 0 unspecified atom stereocenters. The van der Waals surface area contributed by atoms with E-state index in [9.17, 15) is 9.59 Å². The van der Waals surface area contributed by atoms with Gasteiger partial charge >= 0.3 is 5.97 Å². The zero-order chi connectivity index (χ0) is 13.1. The maximum atomic E-state index is 12.0. The van der Waals surface area contributed by atoms with Gasteiger partial charge in [-0.25, -0.2) is 9.78 Å². The van der Waals surface area contributed by atoms with Crippen molar-refractivity contribution in [2.24, 2.45) is 0 Å². The third-order valence-corrected chi connectivity index (χ3v) is 2.89.